The third-order valence-electron chi connectivity index (χ3n) is 3.09. The van der Waals surface area contributed by atoms with Crippen molar-refractivity contribution in [3.63, 3.8) is 0 Å². The molecule has 3 nitrogen and oxygen atoms in total. The summed E-state index contributed by atoms with van der Waals surface area (Å²) in [4.78, 5) is 0. The summed E-state index contributed by atoms with van der Waals surface area (Å²) < 4.78 is 24.7. The molecule has 0 bridgehead atoms. The zero-order valence-corrected chi connectivity index (χ0v) is 13.9. The van der Waals surface area contributed by atoms with Crippen LogP contribution in [0.25, 0.3) is 0 Å². The van der Waals surface area contributed by atoms with Crippen molar-refractivity contribution in [2.24, 2.45) is 0 Å². The van der Waals surface area contributed by atoms with Crippen LogP contribution in [-0.2, 0) is 9.84 Å². The van der Waals surface area contributed by atoms with Gasteiger partial charge in [0.2, 0.25) is 0 Å². The molecule has 1 aromatic carbocycles. The van der Waals surface area contributed by atoms with Crippen LogP contribution in [0.3, 0.4) is 0 Å². The number of halogens is 1. The number of hydrogen-bond acceptors (Lipinski definition) is 3. The van der Waals surface area contributed by atoms with Gasteiger partial charge in [0.1, 0.15) is 9.84 Å². The molecule has 108 valence electrons. The topological polar surface area (TPSA) is 46.2 Å². The highest BCUT2D eigenvalue weighted by atomic mass is 79.9. The predicted molar refractivity (Wildman–Crippen MR) is 84.4 cm³/mol. The first-order chi connectivity index (χ1) is 9.00. The van der Waals surface area contributed by atoms with Crippen LogP contribution >= 0.6 is 15.9 Å². The molecule has 0 radical (unpaired) electrons. The molecule has 0 spiro atoms. The number of nitrogens with one attached hydrogen (secondary N) is 1. The Morgan fingerprint density at radius 2 is 1.95 bits per heavy atom. The first-order valence-corrected chi connectivity index (χ1v) is 9.21. The summed E-state index contributed by atoms with van der Waals surface area (Å²) in [5, 5.41) is 3.15. The molecular weight excluding hydrogens is 326 g/mol. The molecule has 0 amide bonds. The largest absolute Gasteiger partial charge is 0.319 e. The molecule has 0 aliphatic carbocycles. The molecule has 19 heavy (non-hydrogen) atoms. The van der Waals surface area contributed by atoms with E-state index in [-0.39, 0.29) is 17.4 Å². The summed E-state index contributed by atoms with van der Waals surface area (Å²) in [6, 6.07) is 8.01. The predicted octanol–water partition coefficient (Wildman–Crippen LogP) is 2.97. The highest BCUT2D eigenvalue weighted by Crippen LogP contribution is 2.27. The standard InChI is InChI=1S/C14H22BrNO2S/c1-3-9-19(17,18)10-8-12(11-16-2)13-6-4-5-7-14(13)15/h4-7,12,16H,3,8-11H2,1-2H3. The average molecular weight is 348 g/mol. The summed E-state index contributed by atoms with van der Waals surface area (Å²) in [7, 11) is -1.02. The molecule has 1 unspecified atom stereocenters. The molecule has 0 heterocycles. The zero-order chi connectivity index (χ0) is 14.3. The molecule has 0 aromatic heterocycles. The molecule has 0 saturated heterocycles. The Bertz CT molecular complexity index is 488. The summed E-state index contributed by atoms with van der Waals surface area (Å²) in [5.41, 5.74) is 1.17. The van der Waals surface area contributed by atoms with Crippen LogP contribution < -0.4 is 5.32 Å². The van der Waals surface area contributed by atoms with E-state index in [1.807, 2.05) is 32.2 Å². The minimum atomic E-state index is -2.91. The van der Waals surface area contributed by atoms with E-state index in [0.717, 1.165) is 11.0 Å². The quantitative estimate of drug-likeness (QED) is 0.786. The van der Waals surface area contributed by atoms with Crippen molar-refractivity contribution in [2.45, 2.75) is 25.7 Å². The number of rotatable bonds is 8. The second kappa shape index (κ2) is 8.02. The number of benzene rings is 1. The van der Waals surface area contributed by atoms with Crippen molar-refractivity contribution in [2.75, 3.05) is 25.1 Å². The van der Waals surface area contributed by atoms with Gasteiger partial charge in [-0.1, -0.05) is 41.1 Å². The lowest BCUT2D eigenvalue weighted by Gasteiger charge is -2.18. The van der Waals surface area contributed by atoms with Gasteiger partial charge in [0, 0.05) is 16.8 Å². The lowest BCUT2D eigenvalue weighted by molar-refractivity contribution is 0.572. The van der Waals surface area contributed by atoms with Gasteiger partial charge in [0.05, 0.1) is 5.75 Å². The average Bonchev–Trinajstić information content (AvgIpc) is 2.35. The fourth-order valence-electron chi connectivity index (χ4n) is 2.15. The molecule has 0 fully saturated rings. The Kier molecular flexibility index (Phi) is 7.04. The van der Waals surface area contributed by atoms with Gasteiger partial charge in [0.15, 0.2) is 0 Å². The number of likely N-dealkylation sites (N-methyl/N-ethyl adjacent to an activating group) is 1. The van der Waals surface area contributed by atoms with Crippen LogP contribution in [0.2, 0.25) is 0 Å². The van der Waals surface area contributed by atoms with E-state index in [2.05, 4.69) is 27.3 Å². The number of hydrogen-bond donors (Lipinski definition) is 1. The minimum Gasteiger partial charge on any atom is -0.319 e. The maximum Gasteiger partial charge on any atom is 0.150 e. The molecule has 0 aliphatic heterocycles. The van der Waals surface area contributed by atoms with Gasteiger partial charge in [-0.05, 0) is 37.4 Å². The fraction of sp³-hybridized carbons (Fsp3) is 0.571. The number of sulfone groups is 1. The van der Waals surface area contributed by atoms with Gasteiger partial charge in [-0.2, -0.15) is 0 Å². The van der Waals surface area contributed by atoms with E-state index >= 15 is 0 Å². The first kappa shape index (κ1) is 16.7. The van der Waals surface area contributed by atoms with Crippen LogP contribution in [-0.4, -0.2) is 33.5 Å². The van der Waals surface area contributed by atoms with Crippen molar-refractivity contribution in [3.8, 4) is 0 Å². The van der Waals surface area contributed by atoms with Gasteiger partial charge in [-0.3, -0.25) is 0 Å². The van der Waals surface area contributed by atoms with Crippen molar-refractivity contribution < 1.29 is 8.42 Å². The van der Waals surface area contributed by atoms with Gasteiger partial charge in [-0.25, -0.2) is 8.42 Å². The fourth-order valence-corrected chi connectivity index (χ4v) is 4.23. The van der Waals surface area contributed by atoms with Crippen molar-refractivity contribution >= 4 is 25.8 Å². The molecule has 1 N–H and O–H groups in total. The maximum atomic E-state index is 11.8. The lowest BCUT2D eigenvalue weighted by Crippen LogP contribution is -2.21. The van der Waals surface area contributed by atoms with Crippen LogP contribution in [0.1, 0.15) is 31.2 Å². The summed E-state index contributed by atoms with van der Waals surface area (Å²) in [6.07, 6.45) is 1.35. The molecular formula is C14H22BrNO2S. The molecule has 1 rings (SSSR count). The van der Waals surface area contributed by atoms with Crippen LogP contribution in [0, 0.1) is 0 Å². The van der Waals surface area contributed by atoms with Crippen LogP contribution in [0.15, 0.2) is 28.7 Å². The van der Waals surface area contributed by atoms with Gasteiger partial charge in [0.25, 0.3) is 0 Å². The summed E-state index contributed by atoms with van der Waals surface area (Å²) in [5.74, 6) is 0.760. The van der Waals surface area contributed by atoms with Crippen LogP contribution in [0.5, 0.6) is 0 Å². The van der Waals surface area contributed by atoms with Crippen molar-refractivity contribution in [1.82, 2.24) is 5.32 Å². The Hall–Kier alpha value is -0.390. The van der Waals surface area contributed by atoms with Crippen molar-refractivity contribution in [3.05, 3.63) is 34.3 Å². The zero-order valence-electron chi connectivity index (χ0n) is 11.5. The highest BCUT2D eigenvalue weighted by Gasteiger charge is 2.17. The molecule has 5 heteroatoms. The van der Waals surface area contributed by atoms with E-state index in [1.165, 1.54) is 5.56 Å². The third kappa shape index (κ3) is 5.63. The first-order valence-electron chi connectivity index (χ1n) is 6.59. The SMILES string of the molecule is CCCS(=O)(=O)CCC(CNC)c1ccccc1Br. The second-order valence-electron chi connectivity index (χ2n) is 4.72. The maximum absolute atomic E-state index is 11.8. The van der Waals surface area contributed by atoms with E-state index in [4.69, 9.17) is 0 Å². The van der Waals surface area contributed by atoms with Crippen molar-refractivity contribution in [1.29, 1.82) is 0 Å². The Morgan fingerprint density at radius 1 is 1.26 bits per heavy atom. The highest BCUT2D eigenvalue weighted by molar-refractivity contribution is 9.10. The molecule has 0 aliphatic rings. The smallest absolute Gasteiger partial charge is 0.150 e. The Labute approximate surface area is 124 Å². The van der Waals surface area contributed by atoms with Crippen LogP contribution in [0.4, 0.5) is 0 Å². The second-order valence-corrected chi connectivity index (χ2v) is 7.87. The third-order valence-corrected chi connectivity index (χ3v) is 5.70. The molecule has 1 aromatic rings. The van der Waals surface area contributed by atoms with E-state index in [1.54, 1.807) is 0 Å². The molecule has 0 saturated carbocycles. The monoisotopic (exact) mass is 347 g/mol. The lowest BCUT2D eigenvalue weighted by atomic mass is 9.96. The van der Waals surface area contributed by atoms with E-state index in [0.29, 0.717) is 12.8 Å². The van der Waals surface area contributed by atoms with Gasteiger partial charge >= 0.3 is 0 Å². The van der Waals surface area contributed by atoms with Gasteiger partial charge in [-0.15, -0.1) is 0 Å². The van der Waals surface area contributed by atoms with Gasteiger partial charge < -0.3 is 5.32 Å². The summed E-state index contributed by atoms with van der Waals surface area (Å²) in [6.45, 7) is 2.68. The molecule has 1 atom stereocenters. The van der Waals surface area contributed by atoms with E-state index < -0.39 is 9.84 Å². The Balaban J connectivity index is 2.77. The minimum absolute atomic E-state index is 0.215. The summed E-state index contributed by atoms with van der Waals surface area (Å²) >= 11 is 3.54. The Morgan fingerprint density at radius 3 is 2.53 bits per heavy atom. The van der Waals surface area contributed by atoms with E-state index in [9.17, 15) is 8.42 Å². The normalized spacial score (nSPS) is 13.4.